The van der Waals surface area contributed by atoms with Gasteiger partial charge in [-0.05, 0) is 28.8 Å². The Balaban J connectivity index is 0.00000661. The number of carboxylic acids is 1. The molecule has 3 aliphatic heterocycles. The van der Waals surface area contributed by atoms with Crippen molar-refractivity contribution in [1.82, 2.24) is 40.8 Å². The molecule has 2 aromatic carbocycles. The molecule has 0 saturated carbocycles. The van der Waals surface area contributed by atoms with Crippen molar-refractivity contribution in [3.63, 3.8) is 0 Å². The van der Waals surface area contributed by atoms with Crippen molar-refractivity contribution >= 4 is 88.8 Å². The van der Waals surface area contributed by atoms with Gasteiger partial charge in [0.05, 0.1) is 11.7 Å². The van der Waals surface area contributed by atoms with Gasteiger partial charge in [0.1, 0.15) is 16.9 Å². The van der Waals surface area contributed by atoms with Gasteiger partial charge in [0.15, 0.2) is 15.8 Å². The predicted octanol–water partition coefficient (Wildman–Crippen LogP) is -3.72. The third-order valence-electron chi connectivity index (χ3n) is 8.77. The number of nitrogens with zero attached hydrogens (tertiary/aromatic N) is 5. The number of ether oxygens (including phenoxy) is 2. The summed E-state index contributed by atoms with van der Waals surface area (Å²) in [6.07, 6.45) is 0.171. The molecular weight excluding hydrogens is 844 g/mol. The minimum Gasteiger partial charge on any atom is -0.543 e. The van der Waals surface area contributed by atoms with Crippen LogP contribution in [0.3, 0.4) is 0 Å². The minimum absolute atomic E-state index is 0. The van der Waals surface area contributed by atoms with Crippen molar-refractivity contribution in [2.75, 3.05) is 24.6 Å². The second kappa shape index (κ2) is 19.2. The van der Waals surface area contributed by atoms with Crippen molar-refractivity contribution in [2.24, 2.45) is 0 Å². The van der Waals surface area contributed by atoms with Gasteiger partial charge in [-0.1, -0.05) is 59.5 Å². The van der Waals surface area contributed by atoms with E-state index < -0.39 is 70.3 Å². The van der Waals surface area contributed by atoms with Crippen LogP contribution in [0.1, 0.15) is 31.0 Å². The number of nitrogens with one attached hydrogen (secondary N) is 3. The monoisotopic (exact) mass is 874 g/mol. The number of β-lactam (4-membered cyclic amide) rings is 1. The summed E-state index contributed by atoms with van der Waals surface area (Å²) in [5.41, 5.74) is -0.117. The summed E-state index contributed by atoms with van der Waals surface area (Å²) in [7, 11) is 0. The van der Waals surface area contributed by atoms with E-state index in [1.165, 1.54) is 58.9 Å². The van der Waals surface area contributed by atoms with Crippen LogP contribution in [0, 0.1) is 0 Å². The number of imide groups is 1. The maximum Gasteiger partial charge on any atom is 1.00 e. The largest absolute Gasteiger partial charge is 1.00 e. The first kappa shape index (κ1) is 44.8. The van der Waals surface area contributed by atoms with Gasteiger partial charge >= 0.3 is 59.3 Å². The van der Waals surface area contributed by atoms with Crippen LogP contribution in [-0.2, 0) is 44.9 Å². The zero-order valence-electron chi connectivity index (χ0n) is 31.3. The first-order valence-corrected chi connectivity index (χ1v) is 19.9. The topological polar surface area (TPSA) is 267 Å². The fraction of sp³-hybridized carbons (Fsp3) is 0.286. The molecule has 1 unspecified atom stereocenters. The summed E-state index contributed by atoms with van der Waals surface area (Å²) >= 11 is 3.53. The molecule has 302 valence electrons. The van der Waals surface area contributed by atoms with E-state index in [1.54, 1.807) is 18.2 Å². The van der Waals surface area contributed by atoms with Crippen LogP contribution < -0.4 is 60.1 Å². The van der Waals surface area contributed by atoms with Gasteiger partial charge in [-0.25, -0.2) is 4.79 Å². The van der Waals surface area contributed by atoms with Crippen LogP contribution >= 0.6 is 34.9 Å². The van der Waals surface area contributed by atoms with E-state index >= 15 is 0 Å². The van der Waals surface area contributed by atoms with Gasteiger partial charge < -0.3 is 40.2 Å². The van der Waals surface area contributed by atoms with Gasteiger partial charge in [-0.2, -0.15) is 0 Å². The number of benzene rings is 2. The number of carboxylic acid groups (broad SMARTS) is 1. The number of carbonyl (C=O) groups excluding carboxylic acids is 9. The molecule has 3 atom stereocenters. The van der Waals surface area contributed by atoms with Crippen molar-refractivity contribution in [3.8, 4) is 11.5 Å². The van der Waals surface area contributed by atoms with Gasteiger partial charge in [-0.15, -0.1) is 22.0 Å². The van der Waals surface area contributed by atoms with Crippen LogP contribution in [0.25, 0.3) is 0 Å². The van der Waals surface area contributed by atoms with E-state index in [4.69, 9.17) is 9.47 Å². The second-order valence-corrected chi connectivity index (χ2v) is 15.7. The Morgan fingerprint density at radius 2 is 1.73 bits per heavy atom. The molecule has 59 heavy (non-hydrogen) atoms. The molecule has 7 amide bonds. The fourth-order valence-corrected chi connectivity index (χ4v) is 9.30. The number of aromatic nitrogens is 2. The van der Waals surface area contributed by atoms with Crippen LogP contribution in [-0.4, -0.2) is 115 Å². The summed E-state index contributed by atoms with van der Waals surface area (Å²) in [6, 6.07) is 9.20. The van der Waals surface area contributed by atoms with E-state index in [-0.39, 0.29) is 84.2 Å². The molecule has 0 spiro atoms. The maximum absolute atomic E-state index is 14.1. The molecule has 0 aliphatic carbocycles. The van der Waals surface area contributed by atoms with E-state index in [0.717, 1.165) is 35.4 Å². The molecule has 20 nitrogen and oxygen atoms in total. The number of hydrogen-bond donors (Lipinski definition) is 3. The summed E-state index contributed by atoms with van der Waals surface area (Å²) in [6.45, 7) is 1.71. The fourth-order valence-electron chi connectivity index (χ4n) is 6.25. The second-order valence-electron chi connectivity index (χ2n) is 12.6. The molecule has 24 heteroatoms. The maximum atomic E-state index is 14.1. The normalized spacial score (nSPS) is 19.1. The summed E-state index contributed by atoms with van der Waals surface area (Å²) in [4.78, 5) is 118. The molecule has 3 aromatic rings. The van der Waals surface area contributed by atoms with Crippen molar-refractivity contribution in [1.29, 1.82) is 0 Å². The molecule has 6 rings (SSSR count). The van der Waals surface area contributed by atoms with Crippen LogP contribution in [0.15, 0.2) is 69.7 Å². The number of urea groups is 1. The summed E-state index contributed by atoms with van der Waals surface area (Å²) in [5, 5.41) is 26.2. The molecule has 2 fully saturated rings. The average molecular weight is 875 g/mol. The standard InChI is InChI=1S/C35H32N8O12S3.Na/c1-18(45)54-23-9-8-20(12-24(23)55-19(2)46)13-41-10-11-42(29(49)28(41)48)33(53)38-25(21-6-4-3-5-7-21)27(47)39-35(36-16-44)31(52)43-26(30(50)51)22(14-56-32(35)43)15-57-34-40-37-17-58-34;/h3-9,12,16-17,25,32H,10-11,13-15H2,1-2H3,(H,36,44)(H,38,53)(H,39,47)(H,50,51);/q;+1/p-1/t25?,32-,35+;/m0./s1. The Morgan fingerprint density at radius 3 is 2.37 bits per heavy atom. The van der Waals surface area contributed by atoms with Gasteiger partial charge in [0, 0.05) is 45.0 Å². The number of fused-ring (bicyclic) bond motifs is 1. The van der Waals surface area contributed by atoms with Crippen molar-refractivity contribution < 1.29 is 87.3 Å². The zero-order chi connectivity index (χ0) is 41.7. The molecule has 3 N–H and O–H groups in total. The molecule has 3 aliphatic rings. The van der Waals surface area contributed by atoms with Crippen LogP contribution in [0.2, 0.25) is 0 Å². The number of carbonyl (C=O) groups is 9. The SMILES string of the molecule is CC(=O)Oc1ccc(CN2CCN(C(=O)NC(C(=O)N[C@]3(NC=O)C(=O)N4C(C(=O)[O-])=C(CSc5nncs5)CS[C@H]43)c3ccccc3)C(=O)C2=O)cc1OC(C)=O.[Na+]. The zero-order valence-corrected chi connectivity index (χ0v) is 35.8. The van der Waals surface area contributed by atoms with Gasteiger partial charge in [0.2, 0.25) is 18.0 Å². The Morgan fingerprint density at radius 1 is 1.02 bits per heavy atom. The van der Waals surface area contributed by atoms with Gasteiger partial charge in [0.25, 0.3) is 5.91 Å². The summed E-state index contributed by atoms with van der Waals surface area (Å²) < 4.78 is 10.8. The number of thioether (sulfide) groups is 2. The van der Waals surface area contributed by atoms with Crippen molar-refractivity contribution in [2.45, 2.75) is 41.8 Å². The Kier molecular flexibility index (Phi) is 14.5. The third kappa shape index (κ3) is 9.60. The van der Waals surface area contributed by atoms with E-state index in [2.05, 4.69) is 26.1 Å². The number of piperazine rings is 1. The molecule has 0 bridgehead atoms. The van der Waals surface area contributed by atoms with Crippen LogP contribution in [0.4, 0.5) is 4.79 Å². The first-order chi connectivity index (χ1) is 27.7. The molecule has 0 radical (unpaired) electrons. The van der Waals surface area contributed by atoms with Crippen LogP contribution in [0.5, 0.6) is 11.5 Å². The van der Waals surface area contributed by atoms with Gasteiger partial charge in [-0.3, -0.25) is 43.4 Å². The number of aliphatic carboxylic acids is 1. The quantitative estimate of drug-likeness (QED) is 0.0206. The number of esters is 2. The minimum atomic E-state index is -2.15. The molecule has 1 aromatic heterocycles. The summed E-state index contributed by atoms with van der Waals surface area (Å²) in [5.74, 6) is -7.22. The molecular formula is C35H31N8NaO12S3. The van der Waals surface area contributed by atoms with E-state index in [1.807, 2.05) is 0 Å². The number of rotatable bonds is 14. The molecule has 4 heterocycles. The predicted molar refractivity (Wildman–Crippen MR) is 200 cm³/mol. The van der Waals surface area contributed by atoms with E-state index in [0.29, 0.717) is 20.4 Å². The smallest absolute Gasteiger partial charge is 0.543 e. The third-order valence-corrected chi connectivity index (χ3v) is 12.1. The molecule has 2 saturated heterocycles. The van der Waals surface area contributed by atoms with Crippen molar-refractivity contribution in [3.05, 3.63) is 76.4 Å². The average Bonchev–Trinajstić information content (AvgIpc) is 3.72. The number of hydrogen-bond acceptors (Lipinski definition) is 17. The Bertz CT molecular complexity index is 2230. The Hall–Kier alpha value is -5.33. The number of amides is 7. The van der Waals surface area contributed by atoms with E-state index in [9.17, 15) is 48.3 Å². The Labute approximate surface area is 369 Å². The first-order valence-electron chi connectivity index (χ1n) is 17.0.